The fourth-order valence-corrected chi connectivity index (χ4v) is 3.68. The van der Waals surface area contributed by atoms with Crippen LogP contribution in [0.5, 0.6) is 5.75 Å². The first-order chi connectivity index (χ1) is 11.7. The van der Waals surface area contributed by atoms with Crippen molar-refractivity contribution in [3.63, 3.8) is 0 Å². The lowest BCUT2D eigenvalue weighted by Gasteiger charge is -2.21. The van der Waals surface area contributed by atoms with Crippen molar-refractivity contribution in [2.24, 2.45) is 16.6 Å². The molecule has 3 atom stereocenters. The summed E-state index contributed by atoms with van der Waals surface area (Å²) in [5, 5.41) is 9.39. The molecule has 4 heteroatoms. The number of aliphatic imine (C=N–C) groups is 1. The molecule has 24 heavy (non-hydrogen) atoms. The monoisotopic (exact) mass is 328 g/mol. The maximum Gasteiger partial charge on any atom is 0.119 e. The van der Waals surface area contributed by atoms with Gasteiger partial charge in [-0.15, -0.1) is 0 Å². The lowest BCUT2D eigenvalue weighted by molar-refractivity contribution is 0.198. The van der Waals surface area contributed by atoms with Crippen LogP contribution in [0.2, 0.25) is 0 Å². The van der Waals surface area contributed by atoms with Crippen LogP contribution >= 0.6 is 0 Å². The number of aliphatic hydroxyl groups excluding tert-OH is 1. The third-order valence-electron chi connectivity index (χ3n) is 5.26. The number of benzene rings is 1. The molecule has 3 rings (SSSR count). The van der Waals surface area contributed by atoms with E-state index in [1.165, 1.54) is 5.56 Å². The molecule has 0 aromatic heterocycles. The van der Waals surface area contributed by atoms with E-state index in [2.05, 4.69) is 35.3 Å². The average Bonchev–Trinajstić information content (AvgIpc) is 3.03. The maximum atomic E-state index is 9.39. The molecule has 1 aliphatic heterocycles. The highest BCUT2D eigenvalue weighted by Gasteiger charge is 2.35. The number of nitrogens with two attached hydrogens (primary N) is 1. The van der Waals surface area contributed by atoms with Gasteiger partial charge in [-0.25, -0.2) is 0 Å². The molecule has 1 heterocycles. The van der Waals surface area contributed by atoms with E-state index < -0.39 is 5.54 Å². The summed E-state index contributed by atoms with van der Waals surface area (Å²) in [4.78, 5) is 4.10. The summed E-state index contributed by atoms with van der Waals surface area (Å²) in [6, 6.07) is 8.39. The van der Waals surface area contributed by atoms with Crippen LogP contribution in [0.15, 0.2) is 41.5 Å². The van der Waals surface area contributed by atoms with Crippen molar-refractivity contribution in [1.82, 2.24) is 0 Å². The first-order valence-corrected chi connectivity index (χ1v) is 8.99. The Morgan fingerprint density at radius 1 is 1.29 bits per heavy atom. The van der Waals surface area contributed by atoms with Gasteiger partial charge >= 0.3 is 0 Å². The molecule has 1 saturated carbocycles. The van der Waals surface area contributed by atoms with Crippen molar-refractivity contribution in [2.45, 2.75) is 50.0 Å². The van der Waals surface area contributed by atoms with Crippen molar-refractivity contribution < 1.29 is 9.84 Å². The summed E-state index contributed by atoms with van der Waals surface area (Å²) in [5.41, 5.74) is 7.08. The van der Waals surface area contributed by atoms with Crippen LogP contribution in [0.1, 0.15) is 50.0 Å². The van der Waals surface area contributed by atoms with Gasteiger partial charge in [0.25, 0.3) is 0 Å². The number of ether oxygens (including phenoxy) is 1. The average molecular weight is 328 g/mol. The molecule has 130 valence electrons. The predicted octanol–water partition coefficient (Wildman–Crippen LogP) is 3.41. The number of rotatable bonds is 7. The Morgan fingerprint density at radius 2 is 2.12 bits per heavy atom. The fourth-order valence-electron chi connectivity index (χ4n) is 3.68. The second kappa shape index (κ2) is 7.95. The minimum absolute atomic E-state index is 0.0761. The highest BCUT2D eigenvalue weighted by molar-refractivity contribution is 5.60. The Balaban J connectivity index is 1.42. The number of aliphatic hydroxyl groups is 1. The molecule has 1 unspecified atom stereocenters. The number of hydrogen-bond donors (Lipinski definition) is 2. The van der Waals surface area contributed by atoms with Gasteiger partial charge in [0.2, 0.25) is 0 Å². The predicted molar refractivity (Wildman–Crippen MR) is 97.5 cm³/mol. The van der Waals surface area contributed by atoms with E-state index in [9.17, 15) is 5.11 Å². The number of nitrogens with zero attached hydrogens (tertiary/aromatic N) is 1. The topological polar surface area (TPSA) is 67.8 Å². The zero-order valence-electron chi connectivity index (χ0n) is 14.2. The van der Waals surface area contributed by atoms with Gasteiger partial charge in [-0.1, -0.05) is 18.2 Å². The molecule has 1 fully saturated rings. The SMILES string of the molecule is N[C@]1(CO)CC[C@@H](c2ccc(OCCCC3C=CN=CC3)cc2)C1. The normalized spacial score (nSPS) is 29.1. The molecule has 0 spiro atoms. The van der Waals surface area contributed by atoms with Crippen molar-refractivity contribution in [2.75, 3.05) is 13.2 Å². The minimum Gasteiger partial charge on any atom is -0.494 e. The summed E-state index contributed by atoms with van der Waals surface area (Å²) in [6.45, 7) is 0.827. The van der Waals surface area contributed by atoms with Gasteiger partial charge in [0.15, 0.2) is 0 Å². The smallest absolute Gasteiger partial charge is 0.119 e. The van der Waals surface area contributed by atoms with Crippen LogP contribution in [-0.4, -0.2) is 30.1 Å². The molecule has 4 nitrogen and oxygen atoms in total. The quantitative estimate of drug-likeness (QED) is 0.754. The molecule has 2 aliphatic rings. The molecular weight excluding hydrogens is 300 g/mol. The first-order valence-electron chi connectivity index (χ1n) is 8.99. The largest absolute Gasteiger partial charge is 0.494 e. The van der Waals surface area contributed by atoms with Crippen LogP contribution in [-0.2, 0) is 0 Å². The van der Waals surface area contributed by atoms with Gasteiger partial charge in [-0.2, -0.15) is 0 Å². The second-order valence-electron chi connectivity index (χ2n) is 7.19. The minimum atomic E-state index is -0.391. The van der Waals surface area contributed by atoms with Crippen molar-refractivity contribution >= 4 is 6.21 Å². The van der Waals surface area contributed by atoms with Crippen molar-refractivity contribution in [3.8, 4) is 5.75 Å². The number of allylic oxidation sites excluding steroid dienone is 1. The highest BCUT2D eigenvalue weighted by Crippen LogP contribution is 2.39. The molecule has 0 radical (unpaired) electrons. The van der Waals surface area contributed by atoms with Crippen molar-refractivity contribution in [1.29, 1.82) is 0 Å². The van der Waals surface area contributed by atoms with E-state index in [1.54, 1.807) is 0 Å². The molecule has 0 amide bonds. The third-order valence-corrected chi connectivity index (χ3v) is 5.26. The zero-order chi connectivity index (χ0) is 16.8. The van der Waals surface area contributed by atoms with E-state index >= 15 is 0 Å². The Labute approximate surface area is 144 Å². The number of hydrogen-bond acceptors (Lipinski definition) is 4. The van der Waals surface area contributed by atoms with Crippen LogP contribution in [0.25, 0.3) is 0 Å². The summed E-state index contributed by atoms with van der Waals surface area (Å²) in [7, 11) is 0. The van der Waals surface area contributed by atoms with Gasteiger partial charge in [0.1, 0.15) is 5.75 Å². The lowest BCUT2D eigenvalue weighted by Crippen LogP contribution is -2.40. The van der Waals surface area contributed by atoms with E-state index in [1.807, 2.05) is 12.4 Å². The van der Waals surface area contributed by atoms with E-state index in [-0.39, 0.29) is 6.61 Å². The van der Waals surface area contributed by atoms with E-state index in [0.29, 0.717) is 11.8 Å². The second-order valence-corrected chi connectivity index (χ2v) is 7.19. The van der Waals surface area contributed by atoms with Crippen LogP contribution in [0.3, 0.4) is 0 Å². The molecule has 1 aromatic carbocycles. The summed E-state index contributed by atoms with van der Waals surface area (Å²) >= 11 is 0. The Kier molecular flexibility index (Phi) is 5.69. The Hall–Kier alpha value is -1.65. The first kappa shape index (κ1) is 17.2. The molecule has 3 N–H and O–H groups in total. The lowest BCUT2D eigenvalue weighted by atomic mass is 9.94. The maximum absolute atomic E-state index is 9.39. The van der Waals surface area contributed by atoms with E-state index in [0.717, 1.165) is 50.9 Å². The van der Waals surface area contributed by atoms with Gasteiger partial charge in [-0.05, 0) is 68.1 Å². The van der Waals surface area contributed by atoms with Crippen LogP contribution in [0, 0.1) is 5.92 Å². The molecule has 1 aromatic rings. The summed E-state index contributed by atoms with van der Waals surface area (Å²) < 4.78 is 5.85. The molecule has 0 saturated heterocycles. The van der Waals surface area contributed by atoms with Crippen molar-refractivity contribution in [3.05, 3.63) is 42.1 Å². The molecular formula is C20H28N2O2. The van der Waals surface area contributed by atoms with Gasteiger partial charge in [-0.3, -0.25) is 4.99 Å². The van der Waals surface area contributed by atoms with Gasteiger partial charge < -0.3 is 15.6 Å². The van der Waals surface area contributed by atoms with Crippen LogP contribution in [0.4, 0.5) is 0 Å². The Morgan fingerprint density at radius 3 is 2.79 bits per heavy atom. The summed E-state index contributed by atoms with van der Waals surface area (Å²) in [5.74, 6) is 1.99. The summed E-state index contributed by atoms with van der Waals surface area (Å²) in [6.07, 6.45) is 12.1. The van der Waals surface area contributed by atoms with Gasteiger partial charge in [0.05, 0.1) is 13.2 Å². The highest BCUT2D eigenvalue weighted by atomic mass is 16.5. The third kappa shape index (κ3) is 4.46. The van der Waals surface area contributed by atoms with Crippen LogP contribution < -0.4 is 10.5 Å². The zero-order valence-corrected chi connectivity index (χ0v) is 14.2. The standard InChI is InChI=1S/C20H28N2O2/c21-20(15-23)10-7-18(14-20)17-3-5-19(6-4-17)24-13-1-2-16-8-11-22-12-9-16/h3-6,8,11-12,16,18,23H,1-2,7,9-10,13-15,21H2/t16?,18-,20-/m1/s1. The Bertz CT molecular complexity index is 582. The fraction of sp³-hybridized carbons (Fsp3) is 0.550. The van der Waals surface area contributed by atoms with Gasteiger partial charge in [0, 0.05) is 18.0 Å². The molecule has 1 aliphatic carbocycles. The van der Waals surface area contributed by atoms with E-state index in [4.69, 9.17) is 10.5 Å². The molecule has 0 bridgehead atoms.